The highest BCUT2D eigenvalue weighted by molar-refractivity contribution is 6.30. The molecule has 0 atom stereocenters. The minimum atomic E-state index is 0.486. The van der Waals surface area contributed by atoms with E-state index in [0.29, 0.717) is 24.6 Å². The maximum atomic E-state index is 6.18. The Kier molecular flexibility index (Phi) is 7.42. The first-order valence-corrected chi connectivity index (χ1v) is 10.4. The lowest BCUT2D eigenvalue weighted by Crippen LogP contribution is -2.05. The van der Waals surface area contributed by atoms with E-state index in [0.717, 1.165) is 39.4 Å². The van der Waals surface area contributed by atoms with Crippen LogP contribution in [0.15, 0.2) is 67.3 Å². The van der Waals surface area contributed by atoms with E-state index >= 15 is 0 Å². The van der Waals surface area contributed by atoms with Crippen molar-refractivity contribution >= 4 is 17.3 Å². The first kappa shape index (κ1) is 21.8. The lowest BCUT2D eigenvalue weighted by Gasteiger charge is -2.18. The number of hydrogen-bond donors (Lipinski definition) is 1. The van der Waals surface area contributed by atoms with Crippen molar-refractivity contribution in [3.8, 4) is 11.5 Å². The van der Waals surface area contributed by atoms with Crippen molar-refractivity contribution in [3.05, 3.63) is 100 Å². The first-order chi connectivity index (χ1) is 14.5. The molecule has 0 aliphatic carbocycles. The Labute approximate surface area is 184 Å². The average molecular weight is 422 g/mol. The summed E-state index contributed by atoms with van der Waals surface area (Å²) in [6.45, 7) is 9.17. The zero-order chi connectivity index (χ0) is 21.5. The molecule has 0 bridgehead atoms. The first-order valence-electron chi connectivity index (χ1n) is 9.99. The minimum Gasteiger partial charge on any atom is -0.493 e. The molecular weight excluding hydrogens is 394 g/mol. The smallest absolute Gasteiger partial charge is 0.165 e. The predicted molar refractivity (Wildman–Crippen MR) is 126 cm³/mol. The van der Waals surface area contributed by atoms with Gasteiger partial charge in [-0.2, -0.15) is 0 Å². The summed E-state index contributed by atoms with van der Waals surface area (Å²) in [5, 5.41) is 4.18. The molecule has 0 fully saturated rings. The molecule has 0 aliphatic rings. The fourth-order valence-electron chi connectivity index (χ4n) is 3.27. The molecule has 156 valence electrons. The lowest BCUT2D eigenvalue weighted by atomic mass is 10.0. The Balaban J connectivity index is 1.82. The van der Waals surface area contributed by atoms with Crippen LogP contribution in [0.4, 0.5) is 5.69 Å². The molecule has 30 heavy (non-hydrogen) atoms. The minimum absolute atomic E-state index is 0.486. The number of rotatable bonds is 9. The molecule has 0 unspecified atom stereocenters. The number of hydrogen-bond acceptors (Lipinski definition) is 3. The van der Waals surface area contributed by atoms with Gasteiger partial charge in [0.05, 0.1) is 7.11 Å². The van der Waals surface area contributed by atoms with Gasteiger partial charge in [-0.05, 0) is 61.2 Å². The highest BCUT2D eigenvalue weighted by atomic mass is 35.5. The summed E-state index contributed by atoms with van der Waals surface area (Å²) in [7, 11) is 1.67. The van der Waals surface area contributed by atoms with Gasteiger partial charge in [-0.15, -0.1) is 6.58 Å². The van der Waals surface area contributed by atoms with Gasteiger partial charge < -0.3 is 14.8 Å². The van der Waals surface area contributed by atoms with Crippen molar-refractivity contribution in [3.63, 3.8) is 0 Å². The van der Waals surface area contributed by atoms with Gasteiger partial charge in [0, 0.05) is 22.8 Å². The molecule has 0 saturated heterocycles. The normalized spacial score (nSPS) is 10.5. The number of halogens is 1. The fraction of sp³-hybridized carbons (Fsp3) is 0.231. The summed E-state index contributed by atoms with van der Waals surface area (Å²) >= 11 is 6.14. The van der Waals surface area contributed by atoms with E-state index in [4.69, 9.17) is 21.1 Å². The van der Waals surface area contributed by atoms with Crippen LogP contribution in [0.3, 0.4) is 0 Å². The number of aryl methyl sites for hydroxylation is 2. The van der Waals surface area contributed by atoms with E-state index in [1.165, 1.54) is 5.56 Å². The second-order valence-corrected chi connectivity index (χ2v) is 7.80. The van der Waals surface area contributed by atoms with Crippen LogP contribution in [-0.2, 0) is 19.6 Å². The van der Waals surface area contributed by atoms with Crippen molar-refractivity contribution in [1.82, 2.24) is 0 Å². The van der Waals surface area contributed by atoms with Gasteiger partial charge in [-0.25, -0.2) is 0 Å². The van der Waals surface area contributed by atoms with Crippen LogP contribution in [0, 0.1) is 13.8 Å². The summed E-state index contributed by atoms with van der Waals surface area (Å²) in [4.78, 5) is 0. The monoisotopic (exact) mass is 421 g/mol. The molecule has 3 nitrogen and oxygen atoms in total. The number of anilines is 1. The van der Waals surface area contributed by atoms with Crippen molar-refractivity contribution < 1.29 is 9.47 Å². The summed E-state index contributed by atoms with van der Waals surface area (Å²) in [5.74, 6) is 1.49. The van der Waals surface area contributed by atoms with E-state index in [1.54, 1.807) is 7.11 Å². The van der Waals surface area contributed by atoms with E-state index in [-0.39, 0.29) is 0 Å². The highest BCUT2D eigenvalue weighted by Crippen LogP contribution is 2.34. The summed E-state index contributed by atoms with van der Waals surface area (Å²) in [6, 6.07) is 18.4. The van der Waals surface area contributed by atoms with Crippen molar-refractivity contribution in [2.75, 3.05) is 12.4 Å². The topological polar surface area (TPSA) is 30.5 Å². The van der Waals surface area contributed by atoms with Gasteiger partial charge in [-0.1, -0.05) is 53.6 Å². The van der Waals surface area contributed by atoms with Crippen molar-refractivity contribution in [1.29, 1.82) is 0 Å². The molecule has 1 N–H and O–H groups in total. The molecule has 0 amide bonds. The van der Waals surface area contributed by atoms with Gasteiger partial charge in [-0.3, -0.25) is 0 Å². The maximum absolute atomic E-state index is 6.18. The molecule has 3 aromatic carbocycles. The predicted octanol–water partition coefficient (Wildman–Crippen LogP) is 6.89. The Morgan fingerprint density at radius 3 is 2.47 bits per heavy atom. The second kappa shape index (κ2) is 10.2. The Morgan fingerprint density at radius 1 is 1.00 bits per heavy atom. The van der Waals surface area contributed by atoms with Crippen LogP contribution >= 0.6 is 11.6 Å². The summed E-state index contributed by atoms with van der Waals surface area (Å²) < 4.78 is 11.8. The Hall–Kier alpha value is -2.91. The third-order valence-electron chi connectivity index (χ3n) is 4.96. The van der Waals surface area contributed by atoms with Gasteiger partial charge in [0.15, 0.2) is 11.5 Å². The SMILES string of the molecule is C=CCc1cc(CNc2cc(Cl)ccc2C)cc(OC)c1OCc1ccc(C)cc1. The zero-order valence-electron chi connectivity index (χ0n) is 17.8. The standard InChI is InChI=1S/C26H28ClNO2/c1-5-6-22-13-21(16-28-24-15-23(27)12-9-19(24)3)14-25(29-4)26(22)30-17-20-10-7-18(2)8-11-20/h5,7-15,28H,1,6,16-17H2,2-4H3. The van der Waals surface area contributed by atoms with E-state index in [2.05, 4.69) is 56.1 Å². The number of allylic oxidation sites excluding steroid dienone is 1. The lowest BCUT2D eigenvalue weighted by molar-refractivity contribution is 0.281. The number of nitrogens with one attached hydrogen (secondary N) is 1. The molecule has 3 aromatic rings. The number of benzene rings is 3. The largest absolute Gasteiger partial charge is 0.493 e. The van der Waals surface area contributed by atoms with Crippen LogP contribution in [-0.4, -0.2) is 7.11 Å². The highest BCUT2D eigenvalue weighted by Gasteiger charge is 2.13. The van der Waals surface area contributed by atoms with Crippen molar-refractivity contribution in [2.24, 2.45) is 0 Å². The van der Waals surface area contributed by atoms with E-state index in [9.17, 15) is 0 Å². The van der Waals surface area contributed by atoms with Crippen LogP contribution in [0.25, 0.3) is 0 Å². The third-order valence-corrected chi connectivity index (χ3v) is 5.20. The second-order valence-electron chi connectivity index (χ2n) is 7.37. The van der Waals surface area contributed by atoms with Crippen LogP contribution in [0.5, 0.6) is 11.5 Å². The molecule has 0 heterocycles. The van der Waals surface area contributed by atoms with Crippen LogP contribution in [0.1, 0.15) is 27.8 Å². The Morgan fingerprint density at radius 2 is 1.77 bits per heavy atom. The van der Waals surface area contributed by atoms with Gasteiger partial charge >= 0.3 is 0 Å². The van der Waals surface area contributed by atoms with Crippen LogP contribution < -0.4 is 14.8 Å². The van der Waals surface area contributed by atoms with Gasteiger partial charge in [0.25, 0.3) is 0 Å². The molecule has 0 aromatic heterocycles. The van der Waals surface area contributed by atoms with E-state index in [1.807, 2.05) is 30.3 Å². The number of ether oxygens (including phenoxy) is 2. The number of methoxy groups -OCH3 is 1. The molecule has 3 rings (SSSR count). The summed E-state index contributed by atoms with van der Waals surface area (Å²) in [6.07, 6.45) is 2.58. The molecular formula is C26H28ClNO2. The molecule has 0 saturated carbocycles. The molecule has 0 spiro atoms. The fourth-order valence-corrected chi connectivity index (χ4v) is 3.44. The van der Waals surface area contributed by atoms with Gasteiger partial charge in [0.1, 0.15) is 6.61 Å². The van der Waals surface area contributed by atoms with Crippen molar-refractivity contribution in [2.45, 2.75) is 33.4 Å². The zero-order valence-corrected chi connectivity index (χ0v) is 18.6. The summed E-state index contributed by atoms with van der Waals surface area (Å²) in [5.41, 5.74) is 6.67. The molecule has 0 radical (unpaired) electrons. The maximum Gasteiger partial charge on any atom is 0.165 e. The molecule has 0 aliphatic heterocycles. The van der Waals surface area contributed by atoms with E-state index < -0.39 is 0 Å². The quantitative estimate of drug-likeness (QED) is 0.382. The Bertz CT molecular complexity index is 1010. The van der Waals surface area contributed by atoms with Crippen LogP contribution in [0.2, 0.25) is 5.02 Å². The molecule has 4 heteroatoms. The average Bonchev–Trinajstić information content (AvgIpc) is 2.74. The third kappa shape index (κ3) is 5.58. The van der Waals surface area contributed by atoms with Gasteiger partial charge in [0.2, 0.25) is 0 Å².